The van der Waals surface area contributed by atoms with Gasteiger partial charge in [0.2, 0.25) is 10.0 Å². The number of fused-ring (bicyclic) bond motifs is 1. The smallest absolute Gasteiger partial charge is 0.244 e. The quantitative estimate of drug-likeness (QED) is 0.806. The van der Waals surface area contributed by atoms with E-state index in [1.165, 1.54) is 16.1 Å². The standard InChI is InChI=1S/C18H22N4O2S/c1-3-22(4-2)25(23,24)15-10-12-18(19-13-15)21-20-17-11-9-14-7-5-6-8-16(14)17/h5-8,10,12-13H,3-4,9,11H2,1-2H3,(H,19,21)/b20-17+. The predicted octanol–water partition coefficient (Wildman–Crippen LogP) is 2.87. The zero-order chi connectivity index (χ0) is 17.9. The molecule has 0 fully saturated rings. The molecule has 0 radical (unpaired) electrons. The van der Waals surface area contributed by atoms with Crippen molar-refractivity contribution in [3.05, 3.63) is 53.7 Å². The molecule has 6 nitrogen and oxygen atoms in total. The third-order valence-corrected chi connectivity index (χ3v) is 6.38. The summed E-state index contributed by atoms with van der Waals surface area (Å²) in [5.41, 5.74) is 6.39. The van der Waals surface area contributed by atoms with Gasteiger partial charge < -0.3 is 0 Å². The monoisotopic (exact) mass is 358 g/mol. The van der Waals surface area contributed by atoms with Gasteiger partial charge >= 0.3 is 0 Å². The maximum absolute atomic E-state index is 12.4. The summed E-state index contributed by atoms with van der Waals surface area (Å²) in [5.74, 6) is 0.523. The fraction of sp³-hybridized carbons (Fsp3) is 0.333. The first-order valence-corrected chi connectivity index (χ1v) is 9.87. The largest absolute Gasteiger partial charge is 0.261 e. The molecule has 25 heavy (non-hydrogen) atoms. The molecule has 1 aromatic carbocycles. The van der Waals surface area contributed by atoms with Gasteiger partial charge in [0.15, 0.2) is 0 Å². The van der Waals surface area contributed by atoms with E-state index >= 15 is 0 Å². The predicted molar refractivity (Wildman–Crippen MR) is 99.3 cm³/mol. The molecule has 1 heterocycles. The van der Waals surface area contributed by atoms with Crippen molar-refractivity contribution in [2.75, 3.05) is 18.5 Å². The van der Waals surface area contributed by atoms with Crippen LogP contribution < -0.4 is 5.43 Å². The zero-order valence-corrected chi connectivity index (χ0v) is 15.3. The fourth-order valence-corrected chi connectivity index (χ4v) is 4.36. The molecule has 2 aromatic rings. The summed E-state index contributed by atoms with van der Waals surface area (Å²) < 4.78 is 26.3. The number of hydrazone groups is 1. The van der Waals surface area contributed by atoms with Crippen molar-refractivity contribution in [1.82, 2.24) is 9.29 Å². The summed E-state index contributed by atoms with van der Waals surface area (Å²) in [7, 11) is -3.48. The first kappa shape index (κ1) is 17.6. The van der Waals surface area contributed by atoms with Crippen LogP contribution in [0.3, 0.4) is 0 Å². The van der Waals surface area contributed by atoms with Gasteiger partial charge in [-0.1, -0.05) is 38.1 Å². The highest BCUT2D eigenvalue weighted by Crippen LogP contribution is 2.22. The van der Waals surface area contributed by atoms with Crippen molar-refractivity contribution in [3.8, 4) is 0 Å². The number of pyridine rings is 1. The molecule has 3 rings (SSSR count). The second-order valence-corrected chi connectivity index (χ2v) is 7.73. The molecule has 1 aromatic heterocycles. The lowest BCUT2D eigenvalue weighted by Crippen LogP contribution is -2.30. The van der Waals surface area contributed by atoms with Gasteiger partial charge in [-0.2, -0.15) is 9.41 Å². The summed E-state index contributed by atoms with van der Waals surface area (Å²) in [4.78, 5) is 4.38. The molecule has 0 unspecified atom stereocenters. The molecule has 0 spiro atoms. The van der Waals surface area contributed by atoms with Crippen LogP contribution >= 0.6 is 0 Å². The number of benzene rings is 1. The van der Waals surface area contributed by atoms with E-state index in [-0.39, 0.29) is 4.90 Å². The molecule has 0 amide bonds. The normalized spacial score (nSPS) is 15.6. The number of sulfonamides is 1. The highest BCUT2D eigenvalue weighted by Gasteiger charge is 2.22. The van der Waals surface area contributed by atoms with E-state index < -0.39 is 10.0 Å². The van der Waals surface area contributed by atoms with Crippen LogP contribution in [0, 0.1) is 0 Å². The number of nitrogens with zero attached hydrogens (tertiary/aromatic N) is 3. The molecule has 1 N–H and O–H groups in total. The number of aryl methyl sites for hydroxylation is 1. The number of aromatic nitrogens is 1. The van der Waals surface area contributed by atoms with Gasteiger partial charge in [-0.05, 0) is 30.5 Å². The minimum atomic E-state index is -3.48. The van der Waals surface area contributed by atoms with E-state index in [9.17, 15) is 8.42 Å². The highest BCUT2D eigenvalue weighted by molar-refractivity contribution is 7.89. The first-order chi connectivity index (χ1) is 12.1. The molecule has 7 heteroatoms. The Balaban J connectivity index is 1.75. The van der Waals surface area contributed by atoms with E-state index in [0.29, 0.717) is 18.9 Å². The zero-order valence-electron chi connectivity index (χ0n) is 14.4. The topological polar surface area (TPSA) is 74.7 Å². The maximum Gasteiger partial charge on any atom is 0.244 e. The molecule has 132 valence electrons. The van der Waals surface area contributed by atoms with Crippen LogP contribution in [-0.4, -0.2) is 36.5 Å². The lowest BCUT2D eigenvalue weighted by atomic mass is 10.1. The van der Waals surface area contributed by atoms with Crippen molar-refractivity contribution in [1.29, 1.82) is 0 Å². The van der Waals surface area contributed by atoms with Gasteiger partial charge in [-0.15, -0.1) is 0 Å². The minimum absolute atomic E-state index is 0.195. The lowest BCUT2D eigenvalue weighted by Gasteiger charge is -2.18. The Morgan fingerprint density at radius 1 is 1.12 bits per heavy atom. The Morgan fingerprint density at radius 2 is 1.88 bits per heavy atom. The summed E-state index contributed by atoms with van der Waals surface area (Å²) in [6, 6.07) is 11.4. The van der Waals surface area contributed by atoms with Crippen molar-refractivity contribution in [3.63, 3.8) is 0 Å². The Morgan fingerprint density at radius 3 is 2.56 bits per heavy atom. The summed E-state index contributed by atoms with van der Waals surface area (Å²) in [6.07, 6.45) is 3.25. The Hall–Kier alpha value is -2.25. The fourth-order valence-electron chi connectivity index (χ4n) is 2.96. The van der Waals surface area contributed by atoms with Gasteiger partial charge in [0.1, 0.15) is 10.7 Å². The van der Waals surface area contributed by atoms with E-state index in [1.807, 2.05) is 26.0 Å². The summed E-state index contributed by atoms with van der Waals surface area (Å²) in [5, 5.41) is 4.44. The second kappa shape index (κ2) is 7.33. The molecule has 1 aliphatic carbocycles. The van der Waals surface area contributed by atoms with Crippen LogP contribution in [0.5, 0.6) is 0 Å². The Kier molecular flexibility index (Phi) is 5.15. The van der Waals surface area contributed by atoms with E-state index in [4.69, 9.17) is 0 Å². The van der Waals surface area contributed by atoms with Gasteiger partial charge in [0, 0.05) is 24.8 Å². The lowest BCUT2D eigenvalue weighted by molar-refractivity contribution is 0.445. The maximum atomic E-state index is 12.4. The molecular weight excluding hydrogens is 336 g/mol. The number of hydrogen-bond donors (Lipinski definition) is 1. The summed E-state index contributed by atoms with van der Waals surface area (Å²) in [6.45, 7) is 4.51. The van der Waals surface area contributed by atoms with Gasteiger partial charge in [-0.25, -0.2) is 13.4 Å². The van der Waals surface area contributed by atoms with E-state index in [2.05, 4.69) is 27.6 Å². The van der Waals surface area contributed by atoms with Gasteiger partial charge in [0.05, 0.1) is 5.71 Å². The minimum Gasteiger partial charge on any atom is -0.261 e. The molecule has 0 saturated heterocycles. The summed E-state index contributed by atoms with van der Waals surface area (Å²) >= 11 is 0. The SMILES string of the molecule is CCN(CC)S(=O)(=O)c1ccc(N/N=C2\CCc3ccccc32)nc1. The highest BCUT2D eigenvalue weighted by atomic mass is 32.2. The first-order valence-electron chi connectivity index (χ1n) is 8.43. The van der Waals surface area contributed by atoms with E-state index in [1.54, 1.807) is 12.1 Å². The molecule has 0 atom stereocenters. The van der Waals surface area contributed by atoms with Crippen molar-refractivity contribution < 1.29 is 8.42 Å². The number of anilines is 1. The second-order valence-electron chi connectivity index (χ2n) is 5.80. The number of rotatable bonds is 6. The number of nitrogens with one attached hydrogen (secondary N) is 1. The molecule has 0 aliphatic heterocycles. The van der Waals surface area contributed by atoms with Gasteiger partial charge in [0.25, 0.3) is 0 Å². The van der Waals surface area contributed by atoms with Crippen LogP contribution in [-0.2, 0) is 16.4 Å². The van der Waals surface area contributed by atoms with Crippen LogP contribution in [0.1, 0.15) is 31.4 Å². The molecular formula is C18H22N4O2S. The van der Waals surface area contributed by atoms with Crippen LogP contribution in [0.25, 0.3) is 0 Å². The molecule has 0 saturated carbocycles. The Labute approximate surface area is 148 Å². The van der Waals surface area contributed by atoms with Crippen molar-refractivity contribution >= 4 is 21.6 Å². The molecule has 0 bridgehead atoms. The third-order valence-electron chi connectivity index (χ3n) is 4.34. The number of hydrogen-bond acceptors (Lipinski definition) is 5. The van der Waals surface area contributed by atoms with Crippen molar-refractivity contribution in [2.45, 2.75) is 31.6 Å². The van der Waals surface area contributed by atoms with Crippen LogP contribution in [0.15, 0.2) is 52.6 Å². The van der Waals surface area contributed by atoms with Crippen molar-refractivity contribution in [2.24, 2.45) is 5.10 Å². The average Bonchev–Trinajstić information content (AvgIpc) is 3.04. The van der Waals surface area contributed by atoms with E-state index in [0.717, 1.165) is 24.1 Å². The third kappa shape index (κ3) is 3.57. The van der Waals surface area contributed by atoms with Gasteiger partial charge in [-0.3, -0.25) is 5.43 Å². The average molecular weight is 358 g/mol. The molecule has 1 aliphatic rings. The van der Waals surface area contributed by atoms with Crippen LogP contribution in [0.4, 0.5) is 5.82 Å². The van der Waals surface area contributed by atoms with Crippen LogP contribution in [0.2, 0.25) is 0 Å². The Bertz CT molecular complexity index is 872.